The normalized spacial score (nSPS) is 28.4. The van der Waals surface area contributed by atoms with Crippen LogP contribution in [0.3, 0.4) is 0 Å². The van der Waals surface area contributed by atoms with Crippen molar-refractivity contribution in [2.45, 2.75) is 63.7 Å². The van der Waals surface area contributed by atoms with Crippen molar-refractivity contribution >= 4 is 17.7 Å². The molecule has 0 spiro atoms. The van der Waals surface area contributed by atoms with Crippen molar-refractivity contribution in [3.8, 4) is 0 Å². The maximum Gasteiger partial charge on any atom is 0.255 e. The lowest BCUT2D eigenvalue weighted by atomic mass is 9.87. The zero-order chi connectivity index (χ0) is 19.9. The van der Waals surface area contributed by atoms with Crippen LogP contribution in [0.15, 0.2) is 18.2 Å². The number of piperidine rings is 2. The lowest BCUT2D eigenvalue weighted by molar-refractivity contribution is -0.136. The van der Waals surface area contributed by atoms with Crippen molar-refractivity contribution in [1.29, 1.82) is 0 Å². The maximum atomic E-state index is 12.9. The van der Waals surface area contributed by atoms with E-state index in [9.17, 15) is 14.4 Å². The number of nitrogens with one attached hydrogen (secondary N) is 1. The van der Waals surface area contributed by atoms with Gasteiger partial charge in [-0.15, -0.1) is 0 Å². The van der Waals surface area contributed by atoms with Crippen molar-refractivity contribution in [3.63, 3.8) is 0 Å². The number of likely N-dealkylation sites (tertiary alicyclic amines) is 1. The fourth-order valence-electron chi connectivity index (χ4n) is 4.72. The molecule has 7 heteroatoms. The predicted octanol–water partition coefficient (Wildman–Crippen LogP) is 1.15. The highest BCUT2D eigenvalue weighted by Gasteiger charge is 2.40. The second-order valence-electron chi connectivity index (χ2n) is 8.37. The Hall–Kier alpha value is -2.25. The number of hydrogen-bond acceptors (Lipinski definition) is 5. The molecule has 0 bridgehead atoms. The summed E-state index contributed by atoms with van der Waals surface area (Å²) in [4.78, 5) is 40.6. The molecule has 0 radical (unpaired) electrons. The van der Waals surface area contributed by atoms with E-state index in [-0.39, 0.29) is 29.7 Å². The average Bonchev–Trinajstić information content (AvgIpc) is 3.00. The molecule has 2 unspecified atom stereocenters. The maximum absolute atomic E-state index is 12.9. The van der Waals surface area contributed by atoms with Crippen LogP contribution >= 0.6 is 0 Å². The summed E-state index contributed by atoms with van der Waals surface area (Å²) in [6.45, 7) is 5.19. The Morgan fingerprint density at radius 3 is 2.86 bits per heavy atom. The van der Waals surface area contributed by atoms with Crippen LogP contribution in [0.2, 0.25) is 0 Å². The van der Waals surface area contributed by atoms with E-state index in [0.29, 0.717) is 18.5 Å². The van der Waals surface area contributed by atoms with Gasteiger partial charge < -0.3 is 10.6 Å². The highest BCUT2D eigenvalue weighted by molar-refractivity contribution is 6.05. The summed E-state index contributed by atoms with van der Waals surface area (Å²) >= 11 is 0. The number of carbonyl (C=O) groups excluding carboxylic acids is 3. The highest BCUT2D eigenvalue weighted by Crippen LogP contribution is 2.31. The molecule has 150 valence electrons. The van der Waals surface area contributed by atoms with Crippen LogP contribution in [-0.4, -0.2) is 52.2 Å². The molecule has 3 N–H and O–H groups in total. The van der Waals surface area contributed by atoms with Gasteiger partial charge >= 0.3 is 0 Å². The minimum absolute atomic E-state index is 0.119. The van der Waals surface area contributed by atoms with E-state index >= 15 is 0 Å². The van der Waals surface area contributed by atoms with Crippen molar-refractivity contribution in [2.75, 3.05) is 13.1 Å². The number of fused-ring (bicyclic) bond motifs is 1. The van der Waals surface area contributed by atoms with E-state index in [0.717, 1.165) is 50.0 Å². The van der Waals surface area contributed by atoms with Crippen LogP contribution in [0.4, 0.5) is 0 Å². The monoisotopic (exact) mass is 384 g/mol. The van der Waals surface area contributed by atoms with Gasteiger partial charge in [-0.25, -0.2) is 0 Å². The molecule has 2 atom stereocenters. The van der Waals surface area contributed by atoms with Crippen LogP contribution in [0.5, 0.6) is 0 Å². The fraction of sp³-hybridized carbons (Fsp3) is 0.571. The van der Waals surface area contributed by atoms with E-state index in [2.05, 4.69) is 23.2 Å². The zero-order valence-electron chi connectivity index (χ0n) is 16.4. The molecule has 0 aromatic heterocycles. The number of nitrogens with two attached hydrogens (primary N) is 1. The first kappa shape index (κ1) is 19.1. The molecule has 4 rings (SSSR count). The number of benzene rings is 1. The van der Waals surface area contributed by atoms with Gasteiger partial charge in [-0.05, 0) is 49.4 Å². The molecule has 0 aliphatic carbocycles. The van der Waals surface area contributed by atoms with Crippen LogP contribution in [0, 0.1) is 0 Å². The van der Waals surface area contributed by atoms with Gasteiger partial charge in [0.05, 0.1) is 0 Å². The Morgan fingerprint density at radius 1 is 1.29 bits per heavy atom. The first-order chi connectivity index (χ1) is 13.4. The number of rotatable bonds is 4. The minimum atomic E-state index is -0.572. The molecular weight excluding hydrogens is 356 g/mol. The third-order valence-electron chi connectivity index (χ3n) is 6.46. The number of carbonyl (C=O) groups is 3. The third-order valence-corrected chi connectivity index (χ3v) is 6.46. The molecule has 1 aromatic rings. The topological polar surface area (TPSA) is 95.7 Å². The Bertz CT molecular complexity index is 824. The van der Waals surface area contributed by atoms with Gasteiger partial charge in [0.15, 0.2) is 0 Å². The van der Waals surface area contributed by atoms with Gasteiger partial charge in [0.25, 0.3) is 5.91 Å². The summed E-state index contributed by atoms with van der Waals surface area (Å²) in [6, 6.07) is 5.25. The van der Waals surface area contributed by atoms with Gasteiger partial charge in [0.1, 0.15) is 6.04 Å². The van der Waals surface area contributed by atoms with Crippen LogP contribution in [0.25, 0.3) is 0 Å². The van der Waals surface area contributed by atoms with Gasteiger partial charge in [-0.3, -0.25) is 24.6 Å². The lowest BCUT2D eigenvalue weighted by Gasteiger charge is -2.40. The Kier molecular flexibility index (Phi) is 4.97. The van der Waals surface area contributed by atoms with E-state index in [4.69, 9.17) is 5.73 Å². The van der Waals surface area contributed by atoms with E-state index in [1.165, 1.54) is 0 Å². The first-order valence-corrected chi connectivity index (χ1v) is 10.2. The molecule has 3 aliphatic heterocycles. The molecule has 3 heterocycles. The zero-order valence-corrected chi connectivity index (χ0v) is 16.4. The number of hydrogen-bond donors (Lipinski definition) is 2. The molecule has 3 aliphatic rings. The second-order valence-corrected chi connectivity index (χ2v) is 8.37. The fourth-order valence-corrected chi connectivity index (χ4v) is 4.72. The highest BCUT2D eigenvalue weighted by atomic mass is 16.2. The average molecular weight is 384 g/mol. The molecule has 3 amide bonds. The Morgan fingerprint density at radius 2 is 2.11 bits per heavy atom. The summed E-state index contributed by atoms with van der Waals surface area (Å²) in [5.41, 5.74) is 9.18. The first-order valence-electron chi connectivity index (χ1n) is 10.2. The molecule has 28 heavy (non-hydrogen) atoms. The molecule has 0 saturated carbocycles. The van der Waals surface area contributed by atoms with Gasteiger partial charge in [0.2, 0.25) is 11.8 Å². The summed E-state index contributed by atoms with van der Waals surface area (Å²) < 4.78 is 0. The van der Waals surface area contributed by atoms with Crippen LogP contribution < -0.4 is 11.1 Å². The summed E-state index contributed by atoms with van der Waals surface area (Å²) in [7, 11) is 0. The predicted molar refractivity (Wildman–Crippen MR) is 104 cm³/mol. The third kappa shape index (κ3) is 3.44. The number of nitrogens with zero attached hydrogens (tertiary/aromatic N) is 2. The molecule has 1 aromatic carbocycles. The lowest BCUT2D eigenvalue weighted by Crippen LogP contribution is -2.53. The smallest absolute Gasteiger partial charge is 0.255 e. The number of amides is 3. The van der Waals surface area contributed by atoms with E-state index in [1.54, 1.807) is 4.90 Å². The molecule has 2 saturated heterocycles. The van der Waals surface area contributed by atoms with Crippen molar-refractivity contribution in [2.24, 2.45) is 5.73 Å². The van der Waals surface area contributed by atoms with Crippen LogP contribution in [0.1, 0.15) is 60.5 Å². The largest absolute Gasteiger partial charge is 0.324 e. The summed E-state index contributed by atoms with van der Waals surface area (Å²) in [5.74, 6) is -0.755. The Balaban J connectivity index is 1.53. The standard InChI is InChI=1S/C21H28N4O3/c1-2-21(22)9-4-10-24(13-21)11-14-5-3-6-15-16(14)12-25(20(15)28)17-7-8-18(26)23-19(17)27/h3,5-6,17H,2,4,7-13,22H2,1H3,(H,23,26,27). The summed E-state index contributed by atoms with van der Waals surface area (Å²) in [5, 5.41) is 2.36. The molecular formula is C21H28N4O3. The van der Waals surface area contributed by atoms with Crippen molar-refractivity contribution in [1.82, 2.24) is 15.1 Å². The van der Waals surface area contributed by atoms with Gasteiger partial charge in [0, 0.05) is 37.2 Å². The molecule has 7 nitrogen and oxygen atoms in total. The van der Waals surface area contributed by atoms with Crippen molar-refractivity contribution in [3.05, 3.63) is 34.9 Å². The second kappa shape index (κ2) is 7.29. The van der Waals surface area contributed by atoms with Crippen LogP contribution in [-0.2, 0) is 22.7 Å². The minimum Gasteiger partial charge on any atom is -0.324 e. The summed E-state index contributed by atoms with van der Waals surface area (Å²) in [6.07, 6.45) is 3.75. The molecule has 2 fully saturated rings. The van der Waals surface area contributed by atoms with Gasteiger partial charge in [-0.2, -0.15) is 0 Å². The SMILES string of the molecule is CCC1(N)CCCN(Cc2cccc3c2CN(C2CCC(=O)NC2=O)C3=O)C1. The van der Waals surface area contributed by atoms with Gasteiger partial charge in [-0.1, -0.05) is 19.1 Å². The number of imide groups is 1. The van der Waals surface area contributed by atoms with Crippen molar-refractivity contribution < 1.29 is 14.4 Å². The quantitative estimate of drug-likeness (QED) is 0.760. The Labute approximate surface area is 165 Å². The van der Waals surface area contributed by atoms with E-state index in [1.807, 2.05) is 12.1 Å². The van der Waals surface area contributed by atoms with E-state index < -0.39 is 6.04 Å².